The molecule has 3 aromatic heterocycles. The van der Waals surface area contributed by atoms with Gasteiger partial charge in [-0.2, -0.15) is 0 Å². The lowest BCUT2D eigenvalue weighted by Crippen LogP contribution is -2.36. The van der Waals surface area contributed by atoms with E-state index in [9.17, 15) is 4.79 Å². The lowest BCUT2D eigenvalue weighted by atomic mass is 10.3. The maximum Gasteiger partial charge on any atom is 0.291 e. The minimum Gasteiger partial charge on any atom is -0.345 e. The molecule has 0 aliphatic heterocycles. The summed E-state index contributed by atoms with van der Waals surface area (Å²) in [6.45, 7) is 2.56. The van der Waals surface area contributed by atoms with E-state index < -0.39 is 0 Å². The first kappa shape index (κ1) is 17.2. The zero-order valence-corrected chi connectivity index (χ0v) is 15.5. The Labute approximate surface area is 160 Å². The van der Waals surface area contributed by atoms with E-state index >= 15 is 0 Å². The van der Waals surface area contributed by atoms with Crippen LogP contribution in [0.1, 0.15) is 17.5 Å². The Morgan fingerprint density at radius 2 is 2.07 bits per heavy atom. The number of nitrogens with zero attached hydrogens (tertiary/aromatic N) is 5. The average molecular weight is 378 g/mol. The summed E-state index contributed by atoms with van der Waals surface area (Å²) in [7, 11) is 0. The smallest absolute Gasteiger partial charge is 0.291 e. The lowest BCUT2D eigenvalue weighted by molar-refractivity contribution is 0.0926. The summed E-state index contributed by atoms with van der Waals surface area (Å²) in [6, 6.07) is 13.5. The first-order chi connectivity index (χ1) is 13.2. The molecule has 1 aromatic carbocycles. The van der Waals surface area contributed by atoms with E-state index in [1.807, 2.05) is 65.5 Å². The Kier molecular flexibility index (Phi) is 4.80. The van der Waals surface area contributed by atoms with Gasteiger partial charge in [-0.15, -0.1) is 16.4 Å². The van der Waals surface area contributed by atoms with Gasteiger partial charge >= 0.3 is 0 Å². The third kappa shape index (κ3) is 3.80. The largest absolute Gasteiger partial charge is 0.345 e. The highest BCUT2D eigenvalue weighted by atomic mass is 32.1. The fraction of sp³-hybridized carbons (Fsp3) is 0.158. The van der Waals surface area contributed by atoms with Gasteiger partial charge in [-0.05, 0) is 30.5 Å². The number of amides is 1. The van der Waals surface area contributed by atoms with Crippen LogP contribution in [0.15, 0.2) is 66.6 Å². The molecule has 0 unspecified atom stereocenters. The Balaban J connectivity index is 1.60. The van der Waals surface area contributed by atoms with Crippen molar-refractivity contribution in [3.05, 3.63) is 72.4 Å². The molecule has 4 aromatic rings. The number of hydrogen-bond acceptors (Lipinski definition) is 5. The number of benzene rings is 1. The third-order valence-corrected chi connectivity index (χ3v) is 4.84. The van der Waals surface area contributed by atoms with E-state index in [1.54, 1.807) is 28.5 Å². The molecular weight excluding hydrogens is 360 g/mol. The number of carbonyl (C=O) groups excluding carboxylic acids is 1. The molecule has 8 heteroatoms. The molecule has 0 radical (unpaired) electrons. The van der Waals surface area contributed by atoms with Crippen molar-refractivity contribution in [2.75, 3.05) is 0 Å². The molecule has 1 N–H and O–H groups in total. The van der Waals surface area contributed by atoms with Crippen LogP contribution >= 0.6 is 11.3 Å². The fourth-order valence-corrected chi connectivity index (χ4v) is 3.47. The van der Waals surface area contributed by atoms with E-state index in [1.165, 1.54) is 0 Å². The molecule has 27 heavy (non-hydrogen) atoms. The lowest BCUT2D eigenvalue weighted by Gasteiger charge is -2.12. The molecule has 0 aliphatic carbocycles. The molecule has 7 nitrogen and oxygen atoms in total. The number of para-hydroxylation sites is 1. The van der Waals surface area contributed by atoms with Crippen molar-refractivity contribution in [2.45, 2.75) is 19.5 Å². The standard InChI is InChI=1S/C19H18N6OS/c1-14(12-24-10-9-20-13-24)21-19(26)17-22-18(16-8-5-11-27-16)25(23-17)15-6-3-2-4-7-15/h2-11,13-14H,12H2,1H3,(H,21,26)/t14-/m1/s1. The van der Waals surface area contributed by atoms with Gasteiger partial charge in [0.15, 0.2) is 5.82 Å². The number of thiophene rings is 1. The number of nitrogens with one attached hydrogen (secondary N) is 1. The summed E-state index contributed by atoms with van der Waals surface area (Å²) in [5.74, 6) is 0.512. The summed E-state index contributed by atoms with van der Waals surface area (Å²) in [6.07, 6.45) is 5.30. The van der Waals surface area contributed by atoms with Gasteiger partial charge in [0.1, 0.15) is 0 Å². The molecule has 4 rings (SSSR count). The van der Waals surface area contributed by atoms with Crippen LogP contribution in [0, 0.1) is 0 Å². The van der Waals surface area contributed by atoms with Crippen LogP contribution in [0.4, 0.5) is 0 Å². The number of rotatable bonds is 6. The summed E-state index contributed by atoms with van der Waals surface area (Å²) in [5.41, 5.74) is 0.860. The number of imidazole rings is 1. The molecule has 0 aliphatic rings. The van der Waals surface area contributed by atoms with Gasteiger partial charge < -0.3 is 9.88 Å². The molecule has 0 fully saturated rings. The van der Waals surface area contributed by atoms with Gasteiger partial charge in [0.05, 0.1) is 16.9 Å². The monoisotopic (exact) mass is 378 g/mol. The minimum absolute atomic E-state index is 0.0828. The molecule has 0 saturated carbocycles. The quantitative estimate of drug-likeness (QED) is 0.559. The Morgan fingerprint density at radius 1 is 1.22 bits per heavy atom. The zero-order valence-electron chi connectivity index (χ0n) is 14.7. The van der Waals surface area contributed by atoms with Crippen molar-refractivity contribution in [3.63, 3.8) is 0 Å². The van der Waals surface area contributed by atoms with E-state index in [-0.39, 0.29) is 17.8 Å². The number of hydrogen-bond donors (Lipinski definition) is 1. The maximum atomic E-state index is 12.7. The van der Waals surface area contributed by atoms with Crippen LogP contribution in [0.25, 0.3) is 16.4 Å². The second-order valence-corrected chi connectivity index (χ2v) is 7.07. The number of carbonyl (C=O) groups is 1. The van der Waals surface area contributed by atoms with Gasteiger partial charge in [-0.25, -0.2) is 14.6 Å². The topological polar surface area (TPSA) is 77.6 Å². The maximum absolute atomic E-state index is 12.7. The van der Waals surface area contributed by atoms with E-state index in [2.05, 4.69) is 20.4 Å². The van der Waals surface area contributed by atoms with Crippen molar-refractivity contribution >= 4 is 17.2 Å². The Morgan fingerprint density at radius 3 is 2.78 bits per heavy atom. The van der Waals surface area contributed by atoms with Gasteiger partial charge in [0.25, 0.3) is 5.91 Å². The Hall–Kier alpha value is -3.26. The minimum atomic E-state index is -0.296. The molecule has 1 atom stereocenters. The zero-order chi connectivity index (χ0) is 18.6. The normalized spacial score (nSPS) is 12.0. The fourth-order valence-electron chi connectivity index (χ4n) is 2.77. The second kappa shape index (κ2) is 7.55. The van der Waals surface area contributed by atoms with Gasteiger partial charge in [-0.3, -0.25) is 4.79 Å². The first-order valence-electron chi connectivity index (χ1n) is 8.53. The molecule has 1 amide bonds. The van der Waals surface area contributed by atoms with Crippen molar-refractivity contribution in [1.82, 2.24) is 29.6 Å². The van der Waals surface area contributed by atoms with Crippen LogP contribution in [-0.4, -0.2) is 36.3 Å². The highest BCUT2D eigenvalue weighted by Crippen LogP contribution is 2.25. The molecule has 0 saturated heterocycles. The predicted octanol–water partition coefficient (Wildman–Crippen LogP) is 3.01. The van der Waals surface area contributed by atoms with Crippen molar-refractivity contribution in [1.29, 1.82) is 0 Å². The van der Waals surface area contributed by atoms with Crippen LogP contribution in [0.3, 0.4) is 0 Å². The van der Waals surface area contributed by atoms with Crippen LogP contribution in [-0.2, 0) is 6.54 Å². The van der Waals surface area contributed by atoms with Crippen molar-refractivity contribution < 1.29 is 4.79 Å². The summed E-state index contributed by atoms with van der Waals surface area (Å²) in [4.78, 5) is 22.2. The highest BCUT2D eigenvalue weighted by molar-refractivity contribution is 7.13. The van der Waals surface area contributed by atoms with Crippen molar-refractivity contribution in [3.8, 4) is 16.4 Å². The van der Waals surface area contributed by atoms with Gasteiger partial charge in [-0.1, -0.05) is 24.3 Å². The van der Waals surface area contributed by atoms with Gasteiger partial charge in [0.2, 0.25) is 5.82 Å². The highest BCUT2D eigenvalue weighted by Gasteiger charge is 2.20. The number of aromatic nitrogens is 5. The van der Waals surface area contributed by atoms with E-state index in [0.29, 0.717) is 12.4 Å². The Bertz CT molecular complexity index is 1010. The van der Waals surface area contributed by atoms with Crippen molar-refractivity contribution in [2.24, 2.45) is 0 Å². The van der Waals surface area contributed by atoms with Crippen LogP contribution in [0.2, 0.25) is 0 Å². The first-order valence-corrected chi connectivity index (χ1v) is 9.41. The second-order valence-electron chi connectivity index (χ2n) is 6.12. The van der Waals surface area contributed by atoms with E-state index in [0.717, 1.165) is 10.6 Å². The van der Waals surface area contributed by atoms with E-state index in [4.69, 9.17) is 0 Å². The van der Waals surface area contributed by atoms with Gasteiger partial charge in [0, 0.05) is 25.0 Å². The molecule has 3 heterocycles. The third-order valence-electron chi connectivity index (χ3n) is 3.97. The van der Waals surface area contributed by atoms with Crippen LogP contribution < -0.4 is 5.32 Å². The SMILES string of the molecule is C[C@H](Cn1ccnc1)NC(=O)c1nc(-c2cccs2)n(-c2ccccc2)n1. The summed E-state index contributed by atoms with van der Waals surface area (Å²) in [5, 5.41) is 9.40. The molecular formula is C19H18N6OS. The van der Waals surface area contributed by atoms with Crippen LogP contribution in [0.5, 0.6) is 0 Å². The average Bonchev–Trinajstić information content (AvgIpc) is 3.43. The molecule has 136 valence electrons. The predicted molar refractivity (Wildman–Crippen MR) is 104 cm³/mol. The summed E-state index contributed by atoms with van der Waals surface area (Å²) < 4.78 is 3.62. The summed E-state index contributed by atoms with van der Waals surface area (Å²) >= 11 is 1.56. The molecule has 0 spiro atoms. The molecule has 0 bridgehead atoms.